The zero-order chi connectivity index (χ0) is 20.8. The van der Waals surface area contributed by atoms with Crippen molar-refractivity contribution in [2.24, 2.45) is 0 Å². The molecular weight excluding hydrogens is 378 g/mol. The molecule has 0 aliphatic carbocycles. The van der Waals surface area contributed by atoms with Gasteiger partial charge in [-0.3, -0.25) is 4.79 Å². The van der Waals surface area contributed by atoms with Crippen molar-refractivity contribution < 1.29 is 33.0 Å². The standard InChI is InChI=1S/C21H21NO7/c1-25-11-15-14-6-4-5-7-16(14)29-20(15)21(24)28-12-19(23)22-13-8-9-17(26-2)18(10-13)27-3/h4-10H,11-12H2,1-3H3,(H,22,23). The molecule has 0 atom stereocenters. The number of furan rings is 1. The second kappa shape index (κ2) is 9.11. The topological polar surface area (TPSA) is 96.2 Å². The number of hydrogen-bond donors (Lipinski definition) is 1. The summed E-state index contributed by atoms with van der Waals surface area (Å²) in [6.07, 6.45) is 0. The molecule has 0 fully saturated rings. The second-order valence-electron chi connectivity index (χ2n) is 6.03. The van der Waals surface area contributed by atoms with Gasteiger partial charge >= 0.3 is 5.97 Å². The number of benzene rings is 2. The molecule has 29 heavy (non-hydrogen) atoms. The fourth-order valence-electron chi connectivity index (χ4n) is 2.86. The highest BCUT2D eigenvalue weighted by molar-refractivity contribution is 5.98. The highest BCUT2D eigenvalue weighted by Gasteiger charge is 2.22. The Morgan fingerprint density at radius 2 is 1.76 bits per heavy atom. The fourth-order valence-corrected chi connectivity index (χ4v) is 2.86. The summed E-state index contributed by atoms with van der Waals surface area (Å²) in [5, 5.41) is 3.39. The third-order valence-corrected chi connectivity index (χ3v) is 4.17. The first-order chi connectivity index (χ1) is 14.1. The Hall–Kier alpha value is -3.52. The Balaban J connectivity index is 1.67. The first-order valence-electron chi connectivity index (χ1n) is 8.75. The van der Waals surface area contributed by atoms with Crippen LogP contribution in [-0.4, -0.2) is 39.8 Å². The molecule has 1 amide bonds. The number of carbonyl (C=O) groups is 2. The molecule has 1 aromatic heterocycles. The molecule has 8 heteroatoms. The van der Waals surface area contributed by atoms with E-state index >= 15 is 0 Å². The van der Waals surface area contributed by atoms with Crippen molar-refractivity contribution in [2.45, 2.75) is 6.61 Å². The molecular formula is C21H21NO7. The van der Waals surface area contributed by atoms with E-state index < -0.39 is 18.5 Å². The molecule has 3 rings (SSSR count). The van der Waals surface area contributed by atoms with E-state index in [9.17, 15) is 9.59 Å². The van der Waals surface area contributed by atoms with Crippen LogP contribution in [0.1, 0.15) is 16.1 Å². The second-order valence-corrected chi connectivity index (χ2v) is 6.03. The van der Waals surface area contributed by atoms with Crippen molar-refractivity contribution in [1.82, 2.24) is 0 Å². The van der Waals surface area contributed by atoms with E-state index in [1.54, 1.807) is 30.3 Å². The van der Waals surface area contributed by atoms with Crippen molar-refractivity contribution in [3.63, 3.8) is 0 Å². The molecule has 2 aromatic carbocycles. The average molecular weight is 399 g/mol. The van der Waals surface area contributed by atoms with Gasteiger partial charge in [0, 0.05) is 29.8 Å². The predicted molar refractivity (Wildman–Crippen MR) is 105 cm³/mol. The summed E-state index contributed by atoms with van der Waals surface area (Å²) in [5.74, 6) is -0.223. The van der Waals surface area contributed by atoms with Gasteiger partial charge in [-0.15, -0.1) is 0 Å². The fraction of sp³-hybridized carbons (Fsp3) is 0.238. The Labute approximate surface area is 167 Å². The predicted octanol–water partition coefficient (Wildman–Crippen LogP) is 3.39. The molecule has 1 N–H and O–H groups in total. The van der Waals surface area contributed by atoms with E-state index in [1.807, 2.05) is 12.1 Å². The SMILES string of the molecule is COCc1c(C(=O)OCC(=O)Nc2ccc(OC)c(OC)c2)oc2ccccc12. The van der Waals surface area contributed by atoms with Crippen LogP contribution < -0.4 is 14.8 Å². The number of amides is 1. The lowest BCUT2D eigenvalue weighted by atomic mass is 10.1. The number of nitrogens with one attached hydrogen (secondary N) is 1. The first-order valence-corrected chi connectivity index (χ1v) is 8.75. The zero-order valence-electron chi connectivity index (χ0n) is 16.3. The number of hydrogen-bond acceptors (Lipinski definition) is 7. The van der Waals surface area contributed by atoms with Gasteiger partial charge in [-0.2, -0.15) is 0 Å². The molecule has 0 saturated carbocycles. The zero-order valence-corrected chi connectivity index (χ0v) is 16.3. The third-order valence-electron chi connectivity index (χ3n) is 4.17. The highest BCUT2D eigenvalue weighted by atomic mass is 16.5. The average Bonchev–Trinajstić information content (AvgIpc) is 3.11. The van der Waals surface area contributed by atoms with Gasteiger partial charge in [0.15, 0.2) is 18.1 Å². The van der Waals surface area contributed by atoms with Gasteiger partial charge < -0.3 is 28.7 Å². The van der Waals surface area contributed by atoms with E-state index in [1.165, 1.54) is 21.3 Å². The van der Waals surface area contributed by atoms with Gasteiger partial charge in [-0.25, -0.2) is 4.79 Å². The maximum atomic E-state index is 12.5. The van der Waals surface area contributed by atoms with Crippen LogP contribution in [0.15, 0.2) is 46.9 Å². The normalized spacial score (nSPS) is 10.6. The summed E-state index contributed by atoms with van der Waals surface area (Å²) in [5.41, 5.74) is 1.60. The summed E-state index contributed by atoms with van der Waals surface area (Å²) < 4.78 is 26.2. The summed E-state index contributed by atoms with van der Waals surface area (Å²) in [4.78, 5) is 24.6. The number of ether oxygens (including phenoxy) is 4. The molecule has 0 unspecified atom stereocenters. The molecule has 0 bridgehead atoms. The number of carbonyl (C=O) groups excluding carboxylic acids is 2. The Morgan fingerprint density at radius 1 is 1.00 bits per heavy atom. The monoisotopic (exact) mass is 399 g/mol. The highest BCUT2D eigenvalue weighted by Crippen LogP contribution is 2.30. The van der Waals surface area contributed by atoms with Crippen LogP contribution in [0.3, 0.4) is 0 Å². The molecule has 3 aromatic rings. The van der Waals surface area contributed by atoms with Gasteiger partial charge in [-0.1, -0.05) is 18.2 Å². The van der Waals surface area contributed by atoms with Crippen LogP contribution >= 0.6 is 0 Å². The Bertz CT molecular complexity index is 1030. The number of methoxy groups -OCH3 is 3. The van der Waals surface area contributed by atoms with E-state index in [0.29, 0.717) is 28.3 Å². The molecule has 0 aliphatic heterocycles. The number of esters is 1. The molecule has 0 saturated heterocycles. The largest absolute Gasteiger partial charge is 0.493 e. The van der Waals surface area contributed by atoms with Crippen molar-refractivity contribution >= 4 is 28.5 Å². The van der Waals surface area contributed by atoms with E-state index in [4.69, 9.17) is 23.4 Å². The lowest BCUT2D eigenvalue weighted by Gasteiger charge is -2.10. The Morgan fingerprint density at radius 3 is 2.48 bits per heavy atom. The lowest BCUT2D eigenvalue weighted by Crippen LogP contribution is -2.21. The molecule has 1 heterocycles. The lowest BCUT2D eigenvalue weighted by molar-refractivity contribution is -0.119. The smallest absolute Gasteiger partial charge is 0.375 e. The van der Waals surface area contributed by atoms with Gasteiger partial charge in [0.25, 0.3) is 5.91 Å². The minimum atomic E-state index is -0.740. The number of para-hydroxylation sites is 1. The first kappa shape index (κ1) is 20.2. The molecule has 0 spiro atoms. The van der Waals surface area contributed by atoms with Crippen LogP contribution in [-0.2, 0) is 20.9 Å². The van der Waals surface area contributed by atoms with Crippen LogP contribution in [0.2, 0.25) is 0 Å². The minimum Gasteiger partial charge on any atom is -0.493 e. The quantitative estimate of drug-likeness (QED) is 0.580. The van der Waals surface area contributed by atoms with Crippen LogP contribution in [0.25, 0.3) is 11.0 Å². The van der Waals surface area contributed by atoms with E-state index in [2.05, 4.69) is 5.32 Å². The van der Waals surface area contributed by atoms with Crippen molar-refractivity contribution in [2.75, 3.05) is 33.3 Å². The summed E-state index contributed by atoms with van der Waals surface area (Å²) >= 11 is 0. The van der Waals surface area contributed by atoms with Gasteiger partial charge in [-0.05, 0) is 18.2 Å². The van der Waals surface area contributed by atoms with Crippen LogP contribution in [0.5, 0.6) is 11.5 Å². The minimum absolute atomic E-state index is 0.0203. The molecule has 0 aliphatic rings. The van der Waals surface area contributed by atoms with Gasteiger partial charge in [0.2, 0.25) is 5.76 Å². The molecule has 0 radical (unpaired) electrons. The van der Waals surface area contributed by atoms with Crippen molar-refractivity contribution in [1.29, 1.82) is 0 Å². The maximum absolute atomic E-state index is 12.5. The van der Waals surface area contributed by atoms with Crippen molar-refractivity contribution in [3.05, 3.63) is 53.8 Å². The molecule has 8 nitrogen and oxygen atoms in total. The van der Waals surface area contributed by atoms with Gasteiger partial charge in [0.1, 0.15) is 5.58 Å². The number of anilines is 1. The van der Waals surface area contributed by atoms with E-state index in [-0.39, 0.29) is 12.4 Å². The number of fused-ring (bicyclic) bond motifs is 1. The summed E-state index contributed by atoms with van der Waals surface area (Å²) in [6.45, 7) is -0.296. The van der Waals surface area contributed by atoms with Crippen LogP contribution in [0, 0.1) is 0 Å². The Kier molecular flexibility index (Phi) is 6.36. The number of rotatable bonds is 8. The van der Waals surface area contributed by atoms with Crippen molar-refractivity contribution in [3.8, 4) is 11.5 Å². The van der Waals surface area contributed by atoms with E-state index in [0.717, 1.165) is 5.39 Å². The summed E-state index contributed by atoms with van der Waals surface area (Å²) in [6, 6.07) is 12.1. The third kappa shape index (κ3) is 4.49. The summed E-state index contributed by atoms with van der Waals surface area (Å²) in [7, 11) is 4.54. The molecule has 152 valence electrons. The maximum Gasteiger partial charge on any atom is 0.375 e. The van der Waals surface area contributed by atoms with Gasteiger partial charge in [0.05, 0.1) is 20.8 Å². The van der Waals surface area contributed by atoms with Crippen LogP contribution in [0.4, 0.5) is 5.69 Å².